The van der Waals surface area contributed by atoms with Gasteiger partial charge in [0.15, 0.2) is 5.17 Å². The number of nitrogens with zero attached hydrogens (tertiary/aromatic N) is 3. The zero-order chi connectivity index (χ0) is 15.2. The summed E-state index contributed by atoms with van der Waals surface area (Å²) in [5.41, 5.74) is 2.19. The fourth-order valence-corrected chi connectivity index (χ4v) is 2.77. The predicted octanol–water partition coefficient (Wildman–Crippen LogP) is 2.47. The van der Waals surface area contributed by atoms with E-state index in [1.807, 2.05) is 19.1 Å². The van der Waals surface area contributed by atoms with Crippen LogP contribution in [-0.2, 0) is 4.79 Å². The molecule has 1 aliphatic rings. The van der Waals surface area contributed by atoms with Crippen LogP contribution in [0.4, 0.5) is 5.69 Å². The molecule has 1 saturated heterocycles. The molecule has 112 valence electrons. The van der Waals surface area contributed by atoms with Crippen LogP contribution in [0.15, 0.2) is 34.5 Å². The molecule has 1 unspecified atom stereocenters. The number of benzene rings is 1. The molecule has 1 N–H and O–H groups in total. The Hall–Kier alpha value is -1.82. The highest BCUT2D eigenvalue weighted by Crippen LogP contribution is 2.18. The van der Waals surface area contributed by atoms with E-state index in [4.69, 9.17) is 0 Å². The fraction of sp³-hybridized carbons (Fsp3) is 0.400. The van der Waals surface area contributed by atoms with Gasteiger partial charge in [-0.25, -0.2) is 0 Å². The first kappa shape index (κ1) is 15.6. The van der Waals surface area contributed by atoms with Crippen LogP contribution in [0.1, 0.15) is 26.3 Å². The molecule has 0 spiro atoms. The van der Waals surface area contributed by atoms with E-state index >= 15 is 0 Å². The Morgan fingerprint density at radius 1 is 1.29 bits per heavy atom. The Balaban J connectivity index is 1.99. The summed E-state index contributed by atoms with van der Waals surface area (Å²) in [6, 6.07) is 8.19. The van der Waals surface area contributed by atoms with Gasteiger partial charge in [-0.05, 0) is 38.5 Å². The van der Waals surface area contributed by atoms with E-state index in [1.54, 1.807) is 6.21 Å². The van der Waals surface area contributed by atoms with Crippen LogP contribution in [0.2, 0.25) is 0 Å². The van der Waals surface area contributed by atoms with Crippen molar-refractivity contribution in [3.05, 3.63) is 29.8 Å². The topological polar surface area (TPSA) is 57.1 Å². The fourth-order valence-electron chi connectivity index (χ4n) is 2.01. The number of carbonyl (C=O) groups is 1. The number of nitrogens with one attached hydrogen (secondary N) is 1. The summed E-state index contributed by atoms with van der Waals surface area (Å²) < 4.78 is 0. The number of anilines is 1. The molecule has 5 nitrogen and oxygen atoms in total. The summed E-state index contributed by atoms with van der Waals surface area (Å²) in [6.45, 7) is 8.12. The summed E-state index contributed by atoms with van der Waals surface area (Å²) in [4.78, 5) is 13.6. The Morgan fingerprint density at radius 3 is 2.48 bits per heavy atom. The molecular weight excluding hydrogens is 284 g/mol. The van der Waals surface area contributed by atoms with Crippen molar-refractivity contribution in [2.45, 2.75) is 26.0 Å². The van der Waals surface area contributed by atoms with Gasteiger partial charge < -0.3 is 10.2 Å². The first-order valence-electron chi connectivity index (χ1n) is 7.07. The molecular formula is C15H20N4OS. The van der Waals surface area contributed by atoms with Crippen LogP contribution >= 0.6 is 11.8 Å². The van der Waals surface area contributed by atoms with Crippen molar-refractivity contribution < 1.29 is 4.79 Å². The van der Waals surface area contributed by atoms with E-state index in [0.717, 1.165) is 18.7 Å². The molecule has 1 aromatic rings. The van der Waals surface area contributed by atoms with E-state index in [-0.39, 0.29) is 11.2 Å². The number of rotatable bonds is 5. The van der Waals surface area contributed by atoms with Gasteiger partial charge in [-0.15, -0.1) is 5.10 Å². The third kappa shape index (κ3) is 4.07. The number of thioether (sulfide) groups is 1. The van der Waals surface area contributed by atoms with Gasteiger partial charge in [0, 0.05) is 18.8 Å². The maximum absolute atomic E-state index is 11.3. The molecule has 0 radical (unpaired) electrons. The van der Waals surface area contributed by atoms with Crippen LogP contribution in [0.5, 0.6) is 0 Å². The smallest absolute Gasteiger partial charge is 0.239 e. The highest BCUT2D eigenvalue weighted by atomic mass is 32.2. The van der Waals surface area contributed by atoms with Gasteiger partial charge in [-0.1, -0.05) is 23.9 Å². The normalized spacial score (nSPS) is 20.2. The average Bonchev–Trinajstić information content (AvgIpc) is 2.80. The largest absolute Gasteiger partial charge is 0.372 e. The van der Waals surface area contributed by atoms with Crippen molar-refractivity contribution in [3.8, 4) is 0 Å². The monoisotopic (exact) mass is 304 g/mol. The van der Waals surface area contributed by atoms with E-state index in [0.29, 0.717) is 5.17 Å². The number of amidine groups is 1. The number of amides is 1. The molecule has 0 saturated carbocycles. The van der Waals surface area contributed by atoms with Crippen LogP contribution in [-0.4, -0.2) is 35.6 Å². The molecule has 0 bridgehead atoms. The van der Waals surface area contributed by atoms with Gasteiger partial charge in [0.25, 0.3) is 0 Å². The van der Waals surface area contributed by atoms with Gasteiger partial charge in [0.1, 0.15) is 0 Å². The van der Waals surface area contributed by atoms with Crippen molar-refractivity contribution in [2.24, 2.45) is 10.2 Å². The second-order valence-electron chi connectivity index (χ2n) is 4.66. The van der Waals surface area contributed by atoms with Crippen molar-refractivity contribution in [2.75, 3.05) is 18.0 Å². The van der Waals surface area contributed by atoms with E-state index in [1.165, 1.54) is 17.4 Å². The van der Waals surface area contributed by atoms with Crippen LogP contribution in [0, 0.1) is 0 Å². The Morgan fingerprint density at radius 2 is 1.95 bits per heavy atom. The number of hydrogen-bond donors (Lipinski definition) is 1. The third-order valence-corrected chi connectivity index (χ3v) is 4.24. The molecule has 0 aromatic heterocycles. The summed E-state index contributed by atoms with van der Waals surface area (Å²) in [5, 5.41) is 11.2. The minimum absolute atomic E-state index is 0.0162. The molecule has 2 rings (SSSR count). The van der Waals surface area contributed by atoms with Crippen molar-refractivity contribution >= 4 is 34.7 Å². The summed E-state index contributed by atoms with van der Waals surface area (Å²) >= 11 is 1.39. The molecule has 21 heavy (non-hydrogen) atoms. The quantitative estimate of drug-likeness (QED) is 0.671. The van der Waals surface area contributed by atoms with Gasteiger partial charge in [-0.2, -0.15) is 5.10 Å². The van der Waals surface area contributed by atoms with E-state index < -0.39 is 0 Å². The van der Waals surface area contributed by atoms with E-state index in [9.17, 15) is 4.79 Å². The molecule has 1 heterocycles. The van der Waals surface area contributed by atoms with Crippen molar-refractivity contribution in [1.29, 1.82) is 0 Å². The summed E-state index contributed by atoms with van der Waals surface area (Å²) in [6.07, 6.45) is 1.69. The predicted molar refractivity (Wildman–Crippen MR) is 90.2 cm³/mol. The van der Waals surface area contributed by atoms with Gasteiger partial charge in [0.05, 0.1) is 11.5 Å². The maximum atomic E-state index is 11.3. The standard InChI is InChI=1S/C15H20N4OS/c1-4-19(5-2)13-8-6-12(7-9-13)10-16-18-15-17-14(20)11(3)21-15/h6-11H,4-5H2,1-3H3,(H,17,18,20). The average molecular weight is 304 g/mol. The molecule has 0 aliphatic carbocycles. The molecule has 1 atom stereocenters. The van der Waals surface area contributed by atoms with Crippen molar-refractivity contribution in [3.63, 3.8) is 0 Å². The lowest BCUT2D eigenvalue weighted by Gasteiger charge is -2.20. The lowest BCUT2D eigenvalue weighted by Crippen LogP contribution is -2.23. The van der Waals surface area contributed by atoms with Gasteiger partial charge in [0.2, 0.25) is 5.91 Å². The molecule has 1 amide bonds. The lowest BCUT2D eigenvalue weighted by atomic mass is 10.2. The second-order valence-corrected chi connectivity index (χ2v) is 5.99. The second kappa shape index (κ2) is 7.26. The van der Waals surface area contributed by atoms with Crippen LogP contribution in [0.3, 0.4) is 0 Å². The third-order valence-electron chi connectivity index (χ3n) is 3.26. The first-order chi connectivity index (χ1) is 10.1. The van der Waals surface area contributed by atoms with E-state index in [2.05, 4.69) is 46.4 Å². The van der Waals surface area contributed by atoms with Gasteiger partial charge >= 0.3 is 0 Å². The highest BCUT2D eigenvalue weighted by Gasteiger charge is 2.25. The molecule has 1 aromatic carbocycles. The molecule has 1 fully saturated rings. The minimum Gasteiger partial charge on any atom is -0.372 e. The Kier molecular flexibility index (Phi) is 5.38. The summed E-state index contributed by atoms with van der Waals surface area (Å²) in [7, 11) is 0. The first-order valence-corrected chi connectivity index (χ1v) is 7.95. The number of hydrogen-bond acceptors (Lipinski definition) is 5. The van der Waals surface area contributed by atoms with Crippen LogP contribution in [0.25, 0.3) is 0 Å². The Labute approximate surface area is 129 Å². The minimum atomic E-state index is -0.0905. The maximum Gasteiger partial charge on any atom is 0.239 e. The lowest BCUT2D eigenvalue weighted by molar-refractivity contribution is -0.118. The van der Waals surface area contributed by atoms with Gasteiger partial charge in [-0.3, -0.25) is 4.79 Å². The SMILES string of the molecule is CCN(CC)c1ccc(C=N/N=C2/NC(=O)C(C)S2)cc1. The Bertz CT molecular complexity index is 549. The summed E-state index contributed by atoms with van der Waals surface area (Å²) in [5.74, 6) is -0.0162. The zero-order valence-corrected chi connectivity index (χ0v) is 13.4. The van der Waals surface area contributed by atoms with Crippen LogP contribution < -0.4 is 10.2 Å². The molecule has 1 aliphatic heterocycles. The molecule has 6 heteroatoms. The highest BCUT2D eigenvalue weighted by molar-refractivity contribution is 8.15. The zero-order valence-electron chi connectivity index (χ0n) is 12.5. The van der Waals surface area contributed by atoms with Crippen molar-refractivity contribution in [1.82, 2.24) is 5.32 Å². The number of carbonyl (C=O) groups excluding carboxylic acids is 1.